The van der Waals surface area contributed by atoms with Crippen LogP contribution in [0.2, 0.25) is 0 Å². The zero-order chi connectivity index (χ0) is 11.2. The molecule has 1 aliphatic carbocycles. The van der Waals surface area contributed by atoms with E-state index in [0.29, 0.717) is 11.6 Å². The van der Waals surface area contributed by atoms with Crippen LogP contribution in [-0.4, -0.2) is 10.3 Å². The van der Waals surface area contributed by atoms with E-state index < -0.39 is 5.60 Å². The minimum absolute atomic E-state index is 0.354. The Bertz CT molecular complexity index is 529. The highest BCUT2D eigenvalue weighted by Gasteiger charge is 2.43. The van der Waals surface area contributed by atoms with E-state index in [0.717, 1.165) is 24.0 Å². The first kappa shape index (κ1) is 9.42. The summed E-state index contributed by atoms with van der Waals surface area (Å²) in [6.07, 6.45) is 1.60. The third-order valence-corrected chi connectivity index (χ3v) is 2.95. The van der Waals surface area contributed by atoms with Crippen molar-refractivity contribution in [1.29, 1.82) is 0 Å². The van der Waals surface area contributed by atoms with Gasteiger partial charge in [0.05, 0.1) is 5.60 Å². The van der Waals surface area contributed by atoms with Gasteiger partial charge in [0.15, 0.2) is 11.6 Å². The summed E-state index contributed by atoms with van der Waals surface area (Å²) in [5.74, 6) is 0.959. The fourth-order valence-corrected chi connectivity index (χ4v) is 1.91. The van der Waals surface area contributed by atoms with E-state index in [4.69, 9.17) is 10.3 Å². The molecule has 2 aromatic rings. The molecule has 0 bridgehead atoms. The van der Waals surface area contributed by atoms with E-state index in [9.17, 15) is 5.11 Å². The van der Waals surface area contributed by atoms with E-state index in [1.807, 2.05) is 24.3 Å². The van der Waals surface area contributed by atoms with Gasteiger partial charge in [-0.05, 0) is 18.4 Å². The van der Waals surface area contributed by atoms with Gasteiger partial charge in [0, 0.05) is 11.6 Å². The summed E-state index contributed by atoms with van der Waals surface area (Å²) in [4.78, 5) is 0. The van der Waals surface area contributed by atoms with Crippen molar-refractivity contribution in [1.82, 2.24) is 5.16 Å². The van der Waals surface area contributed by atoms with Crippen LogP contribution in [0.3, 0.4) is 0 Å². The molecule has 0 amide bonds. The number of benzene rings is 1. The zero-order valence-electron chi connectivity index (χ0n) is 8.68. The topological polar surface area (TPSA) is 72.3 Å². The van der Waals surface area contributed by atoms with Crippen molar-refractivity contribution in [3.63, 3.8) is 0 Å². The number of hydrogen-bond acceptors (Lipinski definition) is 4. The van der Waals surface area contributed by atoms with E-state index in [-0.39, 0.29) is 0 Å². The predicted octanol–water partition coefficient (Wildman–Crippen LogP) is 1.91. The van der Waals surface area contributed by atoms with Crippen LogP contribution in [0.1, 0.15) is 18.4 Å². The minimum atomic E-state index is -0.682. The molecule has 0 aliphatic heterocycles. The molecule has 4 nitrogen and oxygen atoms in total. The second kappa shape index (κ2) is 3.09. The first-order chi connectivity index (χ1) is 7.69. The lowest BCUT2D eigenvalue weighted by Gasteiger charge is -2.11. The maximum atomic E-state index is 10.2. The number of nitrogens with zero attached hydrogens (tertiary/aromatic N) is 1. The Hall–Kier alpha value is -1.81. The number of anilines is 1. The first-order valence-electron chi connectivity index (χ1n) is 5.23. The van der Waals surface area contributed by atoms with Crippen LogP contribution in [0.4, 0.5) is 5.82 Å². The Morgan fingerprint density at radius 1 is 1.31 bits per heavy atom. The molecular formula is C12H12N2O2. The van der Waals surface area contributed by atoms with Gasteiger partial charge in [-0.3, -0.25) is 0 Å². The van der Waals surface area contributed by atoms with Crippen LogP contribution >= 0.6 is 0 Å². The van der Waals surface area contributed by atoms with Crippen LogP contribution in [0.25, 0.3) is 11.3 Å². The van der Waals surface area contributed by atoms with Gasteiger partial charge in [-0.15, -0.1) is 0 Å². The molecule has 0 radical (unpaired) electrons. The smallest absolute Gasteiger partial charge is 0.169 e. The van der Waals surface area contributed by atoms with Gasteiger partial charge < -0.3 is 15.4 Å². The molecule has 0 atom stereocenters. The third-order valence-electron chi connectivity index (χ3n) is 2.95. The van der Waals surface area contributed by atoms with Gasteiger partial charge >= 0.3 is 0 Å². The molecular weight excluding hydrogens is 204 g/mol. The number of nitrogens with two attached hydrogens (primary N) is 1. The van der Waals surface area contributed by atoms with Gasteiger partial charge in [-0.1, -0.05) is 29.4 Å². The molecule has 0 unspecified atom stereocenters. The lowest BCUT2D eigenvalue weighted by Crippen LogP contribution is -2.05. The van der Waals surface area contributed by atoms with Crippen LogP contribution in [0, 0.1) is 0 Å². The Balaban J connectivity index is 2.13. The summed E-state index contributed by atoms with van der Waals surface area (Å²) in [5.41, 5.74) is 6.60. The molecule has 0 spiro atoms. The van der Waals surface area contributed by atoms with Gasteiger partial charge in [0.25, 0.3) is 0 Å². The molecule has 1 fully saturated rings. The van der Waals surface area contributed by atoms with E-state index in [1.54, 1.807) is 6.07 Å². The molecule has 82 valence electrons. The quantitative estimate of drug-likeness (QED) is 0.804. The number of aliphatic hydroxyl groups is 1. The first-order valence-corrected chi connectivity index (χ1v) is 5.23. The Labute approximate surface area is 92.7 Å². The molecule has 1 aliphatic rings. The van der Waals surface area contributed by atoms with E-state index in [1.165, 1.54) is 0 Å². The molecule has 1 saturated carbocycles. The normalized spacial score (nSPS) is 17.3. The molecule has 1 aromatic heterocycles. The monoisotopic (exact) mass is 216 g/mol. The van der Waals surface area contributed by atoms with Crippen molar-refractivity contribution in [2.45, 2.75) is 18.4 Å². The second-order valence-electron chi connectivity index (χ2n) is 4.19. The van der Waals surface area contributed by atoms with Crippen LogP contribution < -0.4 is 5.73 Å². The molecule has 1 heterocycles. The maximum Gasteiger partial charge on any atom is 0.169 e. The molecule has 3 N–H and O–H groups in total. The molecule has 0 saturated heterocycles. The minimum Gasteiger partial charge on any atom is -0.385 e. The van der Waals surface area contributed by atoms with Gasteiger partial charge in [0.1, 0.15) is 0 Å². The standard InChI is InChI=1S/C12H12N2O2/c13-11-7-10(16-14-11)8-3-1-2-4-9(8)12(15)5-6-12/h1-4,7,15H,5-6H2,(H2,13,14). The van der Waals surface area contributed by atoms with E-state index >= 15 is 0 Å². The van der Waals surface area contributed by atoms with Gasteiger partial charge in [0.2, 0.25) is 0 Å². The maximum absolute atomic E-state index is 10.2. The van der Waals surface area contributed by atoms with Gasteiger partial charge in [-0.2, -0.15) is 0 Å². The average molecular weight is 216 g/mol. The van der Waals surface area contributed by atoms with Crippen molar-refractivity contribution in [3.8, 4) is 11.3 Å². The summed E-state index contributed by atoms with van der Waals surface area (Å²) in [7, 11) is 0. The fraction of sp³-hybridized carbons (Fsp3) is 0.250. The average Bonchev–Trinajstić information content (AvgIpc) is 2.89. The van der Waals surface area contributed by atoms with Crippen molar-refractivity contribution < 1.29 is 9.63 Å². The second-order valence-corrected chi connectivity index (χ2v) is 4.19. The highest BCUT2D eigenvalue weighted by Crippen LogP contribution is 2.48. The van der Waals surface area contributed by atoms with Crippen LogP contribution in [0.5, 0.6) is 0 Å². The van der Waals surface area contributed by atoms with Crippen molar-refractivity contribution in [2.75, 3.05) is 5.73 Å². The summed E-state index contributed by atoms with van der Waals surface area (Å²) < 4.78 is 5.13. The molecule has 4 heteroatoms. The third kappa shape index (κ3) is 1.39. The molecule has 16 heavy (non-hydrogen) atoms. The summed E-state index contributed by atoms with van der Waals surface area (Å²) in [6.45, 7) is 0. The Kier molecular flexibility index (Phi) is 1.82. The Morgan fingerprint density at radius 3 is 2.69 bits per heavy atom. The number of aromatic nitrogens is 1. The Morgan fingerprint density at radius 2 is 2.06 bits per heavy atom. The summed E-state index contributed by atoms with van der Waals surface area (Å²) >= 11 is 0. The molecule has 3 rings (SSSR count). The van der Waals surface area contributed by atoms with Crippen LogP contribution in [-0.2, 0) is 5.60 Å². The fourth-order valence-electron chi connectivity index (χ4n) is 1.91. The predicted molar refractivity (Wildman–Crippen MR) is 59.5 cm³/mol. The highest BCUT2D eigenvalue weighted by atomic mass is 16.5. The van der Waals surface area contributed by atoms with Crippen molar-refractivity contribution >= 4 is 5.82 Å². The summed E-state index contributed by atoms with van der Waals surface area (Å²) in [5, 5.41) is 13.8. The SMILES string of the molecule is Nc1cc(-c2ccccc2C2(O)CC2)on1. The van der Waals surface area contributed by atoms with E-state index in [2.05, 4.69) is 5.16 Å². The number of hydrogen-bond donors (Lipinski definition) is 2. The largest absolute Gasteiger partial charge is 0.385 e. The zero-order valence-corrected chi connectivity index (χ0v) is 8.68. The highest BCUT2D eigenvalue weighted by molar-refractivity contribution is 5.66. The van der Waals surface area contributed by atoms with Crippen molar-refractivity contribution in [2.24, 2.45) is 0 Å². The van der Waals surface area contributed by atoms with Crippen LogP contribution in [0.15, 0.2) is 34.9 Å². The van der Waals surface area contributed by atoms with Crippen molar-refractivity contribution in [3.05, 3.63) is 35.9 Å². The van der Waals surface area contributed by atoms with Gasteiger partial charge in [-0.25, -0.2) is 0 Å². The number of rotatable bonds is 2. The summed E-state index contributed by atoms with van der Waals surface area (Å²) in [6, 6.07) is 9.31. The lowest BCUT2D eigenvalue weighted by molar-refractivity contribution is 0.152. The number of nitrogen functional groups attached to an aromatic ring is 1. The lowest BCUT2D eigenvalue weighted by atomic mass is 9.99. The molecule has 1 aromatic carbocycles.